The van der Waals surface area contributed by atoms with Crippen molar-refractivity contribution < 1.29 is 14.3 Å². The average Bonchev–Trinajstić information content (AvgIpc) is 2.60. The highest BCUT2D eigenvalue weighted by atomic mass is 16.5. The number of piperidine rings is 1. The second kappa shape index (κ2) is 7.37. The summed E-state index contributed by atoms with van der Waals surface area (Å²) >= 11 is 0. The summed E-state index contributed by atoms with van der Waals surface area (Å²) < 4.78 is 5.85. The van der Waals surface area contributed by atoms with Crippen molar-refractivity contribution >= 4 is 11.8 Å². The first-order valence-corrected chi connectivity index (χ1v) is 9.12. The van der Waals surface area contributed by atoms with Gasteiger partial charge >= 0.3 is 0 Å². The molecule has 7 nitrogen and oxygen atoms in total. The Bertz CT molecular complexity index is 468. The number of carbonyl (C=O) groups is 2. The normalized spacial score (nSPS) is 26.2. The van der Waals surface area contributed by atoms with Gasteiger partial charge in [-0.25, -0.2) is 0 Å². The quantitative estimate of drug-likeness (QED) is 0.693. The molecule has 0 radical (unpaired) electrons. The van der Waals surface area contributed by atoms with Gasteiger partial charge in [-0.2, -0.15) is 0 Å². The van der Waals surface area contributed by atoms with Crippen molar-refractivity contribution in [3.05, 3.63) is 0 Å². The topological polar surface area (TPSA) is 56.3 Å². The first-order valence-electron chi connectivity index (χ1n) is 9.12. The van der Waals surface area contributed by atoms with E-state index in [-0.39, 0.29) is 24.0 Å². The fourth-order valence-electron chi connectivity index (χ4n) is 3.91. The summed E-state index contributed by atoms with van der Waals surface area (Å²) in [4.78, 5) is 32.6. The van der Waals surface area contributed by atoms with Crippen LogP contribution >= 0.6 is 0 Å². The zero-order chi connectivity index (χ0) is 17.2. The van der Waals surface area contributed by atoms with E-state index in [0.717, 1.165) is 58.7 Å². The van der Waals surface area contributed by atoms with E-state index in [2.05, 4.69) is 16.7 Å². The zero-order valence-corrected chi connectivity index (χ0v) is 15.0. The minimum Gasteiger partial charge on any atom is -0.363 e. The van der Waals surface area contributed by atoms with E-state index < -0.39 is 0 Å². The molecule has 0 aliphatic carbocycles. The van der Waals surface area contributed by atoms with Gasteiger partial charge in [0.25, 0.3) is 0 Å². The average molecular weight is 338 g/mol. The van der Waals surface area contributed by atoms with Gasteiger partial charge in [-0.05, 0) is 19.4 Å². The number of hydrogen-bond donors (Lipinski definition) is 0. The van der Waals surface area contributed by atoms with Gasteiger partial charge in [-0.3, -0.25) is 14.5 Å². The van der Waals surface area contributed by atoms with E-state index in [1.165, 1.54) is 0 Å². The first-order chi connectivity index (χ1) is 11.5. The number of rotatable bonds is 3. The molecule has 24 heavy (non-hydrogen) atoms. The highest BCUT2D eigenvalue weighted by molar-refractivity contribution is 5.79. The van der Waals surface area contributed by atoms with Crippen LogP contribution in [0.15, 0.2) is 0 Å². The van der Waals surface area contributed by atoms with Gasteiger partial charge in [0, 0.05) is 52.9 Å². The second-order valence-corrected chi connectivity index (χ2v) is 7.31. The number of likely N-dealkylation sites (tertiary alicyclic amines) is 1. The first kappa shape index (κ1) is 17.6. The third-order valence-electron chi connectivity index (χ3n) is 5.75. The van der Waals surface area contributed by atoms with Crippen molar-refractivity contribution in [2.75, 3.05) is 72.6 Å². The maximum atomic E-state index is 12.6. The maximum Gasteiger partial charge on any atom is 0.248 e. The number of nitrogens with zero attached hydrogens (tertiary/aromatic N) is 4. The zero-order valence-electron chi connectivity index (χ0n) is 15.0. The summed E-state index contributed by atoms with van der Waals surface area (Å²) in [7, 11) is 1.83. The molecule has 0 N–H and O–H groups in total. The van der Waals surface area contributed by atoms with Crippen LogP contribution in [0.4, 0.5) is 0 Å². The molecule has 0 saturated carbocycles. The standard InChI is InChI=1S/C17H30N4O3/c1-3-19-8-10-20(11-9-19)12-15(22)21-6-4-17(5-7-21)14-18(2)16(23)13-24-17/h3-14H2,1-2H3. The van der Waals surface area contributed by atoms with Crippen molar-refractivity contribution in [1.82, 2.24) is 19.6 Å². The molecule has 0 bridgehead atoms. The molecule has 0 aromatic heterocycles. The Hall–Kier alpha value is -1.18. The molecule has 3 heterocycles. The van der Waals surface area contributed by atoms with Crippen molar-refractivity contribution in [2.45, 2.75) is 25.4 Å². The molecular formula is C17H30N4O3. The molecule has 136 valence electrons. The minimum absolute atomic E-state index is 0.0466. The monoisotopic (exact) mass is 338 g/mol. The van der Waals surface area contributed by atoms with Crippen LogP contribution in [0.25, 0.3) is 0 Å². The summed E-state index contributed by atoms with van der Waals surface area (Å²) in [5.41, 5.74) is -0.244. The third kappa shape index (κ3) is 3.90. The lowest BCUT2D eigenvalue weighted by Crippen LogP contribution is -2.59. The summed E-state index contributed by atoms with van der Waals surface area (Å²) in [5.74, 6) is 0.278. The van der Waals surface area contributed by atoms with E-state index in [9.17, 15) is 9.59 Å². The van der Waals surface area contributed by atoms with Gasteiger partial charge in [0.05, 0.1) is 12.1 Å². The molecule has 3 rings (SSSR count). The predicted molar refractivity (Wildman–Crippen MR) is 90.7 cm³/mol. The Labute approximate surface area is 144 Å². The lowest BCUT2D eigenvalue weighted by atomic mass is 9.89. The number of carbonyl (C=O) groups excluding carboxylic acids is 2. The van der Waals surface area contributed by atoms with Crippen molar-refractivity contribution in [3.63, 3.8) is 0 Å². The van der Waals surface area contributed by atoms with Crippen LogP contribution in [0, 0.1) is 0 Å². The number of amides is 2. The summed E-state index contributed by atoms with van der Waals surface area (Å²) in [5, 5.41) is 0. The smallest absolute Gasteiger partial charge is 0.248 e. The van der Waals surface area contributed by atoms with Gasteiger partial charge in [-0.1, -0.05) is 6.92 Å². The summed E-state index contributed by atoms with van der Waals surface area (Å²) in [6.45, 7) is 10.2. The maximum absolute atomic E-state index is 12.6. The van der Waals surface area contributed by atoms with Crippen molar-refractivity contribution in [1.29, 1.82) is 0 Å². The Morgan fingerprint density at radius 2 is 1.71 bits per heavy atom. The van der Waals surface area contributed by atoms with E-state index in [1.54, 1.807) is 4.90 Å². The number of piperazine rings is 1. The van der Waals surface area contributed by atoms with Crippen LogP contribution in [0.1, 0.15) is 19.8 Å². The third-order valence-corrected chi connectivity index (χ3v) is 5.75. The van der Waals surface area contributed by atoms with Gasteiger partial charge in [0.1, 0.15) is 6.61 Å². The van der Waals surface area contributed by atoms with Gasteiger partial charge in [-0.15, -0.1) is 0 Å². The van der Waals surface area contributed by atoms with Crippen LogP contribution < -0.4 is 0 Å². The lowest BCUT2D eigenvalue weighted by Gasteiger charge is -2.46. The Morgan fingerprint density at radius 1 is 1.08 bits per heavy atom. The molecular weight excluding hydrogens is 308 g/mol. The van der Waals surface area contributed by atoms with Crippen LogP contribution in [-0.2, 0) is 14.3 Å². The number of hydrogen-bond acceptors (Lipinski definition) is 5. The molecule has 2 amide bonds. The molecule has 3 saturated heterocycles. The molecule has 0 unspecified atom stereocenters. The van der Waals surface area contributed by atoms with Gasteiger partial charge < -0.3 is 19.4 Å². The highest BCUT2D eigenvalue weighted by Crippen LogP contribution is 2.30. The lowest BCUT2D eigenvalue weighted by molar-refractivity contribution is -0.171. The molecule has 3 aliphatic heterocycles. The number of morpholine rings is 1. The van der Waals surface area contributed by atoms with Crippen LogP contribution in [0.2, 0.25) is 0 Å². The van der Waals surface area contributed by atoms with Gasteiger partial charge in [0.15, 0.2) is 0 Å². The Balaban J connectivity index is 1.45. The molecule has 0 atom stereocenters. The van der Waals surface area contributed by atoms with Crippen LogP contribution in [0.3, 0.4) is 0 Å². The molecule has 0 aromatic carbocycles. The molecule has 0 aromatic rings. The predicted octanol–water partition coefficient (Wildman–Crippen LogP) is -0.526. The Kier molecular flexibility index (Phi) is 5.42. The van der Waals surface area contributed by atoms with E-state index in [4.69, 9.17) is 4.74 Å². The molecule has 7 heteroatoms. The minimum atomic E-state index is -0.244. The van der Waals surface area contributed by atoms with Crippen molar-refractivity contribution in [3.8, 4) is 0 Å². The van der Waals surface area contributed by atoms with Crippen LogP contribution in [0.5, 0.6) is 0 Å². The number of likely N-dealkylation sites (N-methyl/N-ethyl adjacent to an activating group) is 2. The SMILES string of the molecule is CCN1CCN(CC(=O)N2CCC3(CC2)CN(C)C(=O)CO3)CC1. The second-order valence-electron chi connectivity index (χ2n) is 7.31. The van der Waals surface area contributed by atoms with E-state index in [1.807, 2.05) is 11.9 Å². The van der Waals surface area contributed by atoms with Crippen molar-refractivity contribution in [2.24, 2.45) is 0 Å². The highest BCUT2D eigenvalue weighted by Gasteiger charge is 2.42. The van der Waals surface area contributed by atoms with E-state index in [0.29, 0.717) is 13.1 Å². The van der Waals surface area contributed by atoms with Crippen LogP contribution in [-0.4, -0.2) is 110 Å². The summed E-state index contributed by atoms with van der Waals surface area (Å²) in [6.07, 6.45) is 1.64. The van der Waals surface area contributed by atoms with E-state index >= 15 is 0 Å². The Morgan fingerprint density at radius 3 is 2.29 bits per heavy atom. The van der Waals surface area contributed by atoms with Gasteiger partial charge in [0.2, 0.25) is 11.8 Å². The molecule has 1 spiro atoms. The number of ether oxygens (including phenoxy) is 1. The summed E-state index contributed by atoms with van der Waals surface area (Å²) in [6, 6.07) is 0. The fraction of sp³-hybridized carbons (Fsp3) is 0.882. The fourth-order valence-corrected chi connectivity index (χ4v) is 3.91. The molecule has 3 aliphatic rings. The molecule has 3 fully saturated rings. The largest absolute Gasteiger partial charge is 0.363 e.